The number of fused-ring (bicyclic) bond motifs is 1. The molecule has 1 N–H and O–H groups in total. The van der Waals surface area contributed by atoms with Gasteiger partial charge < -0.3 is 18.6 Å². The maximum absolute atomic E-state index is 13.2. The molecule has 0 fully saturated rings. The Kier molecular flexibility index (Phi) is 4.50. The Labute approximate surface area is 175 Å². The van der Waals surface area contributed by atoms with Crippen molar-refractivity contribution in [3.63, 3.8) is 0 Å². The van der Waals surface area contributed by atoms with E-state index < -0.39 is 17.8 Å². The van der Waals surface area contributed by atoms with Crippen molar-refractivity contribution < 1.29 is 31.2 Å². The number of hydrogen-bond donors (Lipinski definition) is 1. The Morgan fingerprint density at radius 3 is 2.59 bits per heavy atom. The predicted octanol–water partition coefficient (Wildman–Crippen LogP) is 3.99. The van der Waals surface area contributed by atoms with Crippen molar-refractivity contribution in [2.75, 3.05) is 5.32 Å². The van der Waals surface area contributed by atoms with E-state index in [0.29, 0.717) is 5.76 Å². The molecule has 13 heteroatoms. The van der Waals surface area contributed by atoms with Crippen LogP contribution in [-0.4, -0.2) is 30.9 Å². The number of hydrogen-bond acceptors (Lipinski definition) is 8. The summed E-state index contributed by atoms with van der Waals surface area (Å²) in [6, 6.07) is 8.18. The lowest BCUT2D eigenvalue weighted by molar-refractivity contribution is -0.141. The highest BCUT2D eigenvalue weighted by molar-refractivity contribution is 6.06. The molecule has 0 aromatic carbocycles. The second kappa shape index (κ2) is 7.37. The third-order valence-corrected chi connectivity index (χ3v) is 4.35. The van der Waals surface area contributed by atoms with Crippen molar-refractivity contribution in [3.05, 3.63) is 66.3 Å². The average Bonchev–Trinajstić information content (AvgIpc) is 3.55. The molecule has 10 nitrogen and oxygen atoms in total. The summed E-state index contributed by atoms with van der Waals surface area (Å²) in [5.74, 6) is -0.154. The Hall–Kier alpha value is -4.42. The van der Waals surface area contributed by atoms with Gasteiger partial charge in [-0.3, -0.25) is 4.79 Å². The Bertz CT molecular complexity index is 1390. The summed E-state index contributed by atoms with van der Waals surface area (Å²) < 4.78 is 56.5. The lowest BCUT2D eigenvalue weighted by atomic mass is 10.2. The van der Waals surface area contributed by atoms with Gasteiger partial charge in [-0.1, -0.05) is 0 Å². The average molecular weight is 444 g/mol. The fourth-order valence-corrected chi connectivity index (χ4v) is 2.93. The van der Waals surface area contributed by atoms with Gasteiger partial charge in [-0.2, -0.15) is 18.3 Å². The van der Waals surface area contributed by atoms with Crippen molar-refractivity contribution in [1.82, 2.24) is 25.0 Å². The SMILES string of the molecule is O=C(Nc1nn(Cc2nnc(-c3ccco3)o2)c2nc(C(F)(F)F)ccc12)c1ccco1. The zero-order valence-electron chi connectivity index (χ0n) is 15.8. The van der Waals surface area contributed by atoms with Crippen LogP contribution in [0.2, 0.25) is 0 Å². The van der Waals surface area contributed by atoms with E-state index in [2.05, 4.69) is 25.6 Å². The maximum Gasteiger partial charge on any atom is 0.433 e. The molecule has 162 valence electrons. The molecular weight excluding hydrogens is 433 g/mol. The Balaban J connectivity index is 1.53. The second-order valence-electron chi connectivity index (χ2n) is 6.48. The highest BCUT2D eigenvalue weighted by Crippen LogP contribution is 2.31. The van der Waals surface area contributed by atoms with Crippen LogP contribution in [0.25, 0.3) is 22.7 Å². The first-order valence-electron chi connectivity index (χ1n) is 9.04. The molecule has 0 saturated heterocycles. The monoisotopic (exact) mass is 444 g/mol. The third kappa shape index (κ3) is 3.59. The van der Waals surface area contributed by atoms with Gasteiger partial charge in [0.1, 0.15) is 12.2 Å². The first kappa shape index (κ1) is 19.5. The molecule has 0 bridgehead atoms. The summed E-state index contributed by atoms with van der Waals surface area (Å²) in [4.78, 5) is 16.0. The van der Waals surface area contributed by atoms with E-state index in [9.17, 15) is 18.0 Å². The summed E-state index contributed by atoms with van der Waals surface area (Å²) in [5.41, 5.74) is -1.25. The number of anilines is 1. The molecule has 32 heavy (non-hydrogen) atoms. The lowest BCUT2D eigenvalue weighted by Crippen LogP contribution is -2.12. The van der Waals surface area contributed by atoms with Crippen LogP contribution in [0.3, 0.4) is 0 Å². The molecule has 5 heterocycles. The largest absolute Gasteiger partial charge is 0.459 e. The Morgan fingerprint density at radius 2 is 1.88 bits per heavy atom. The van der Waals surface area contributed by atoms with E-state index in [4.69, 9.17) is 13.3 Å². The zero-order valence-corrected chi connectivity index (χ0v) is 15.8. The minimum Gasteiger partial charge on any atom is -0.459 e. The van der Waals surface area contributed by atoms with Crippen LogP contribution < -0.4 is 5.32 Å². The van der Waals surface area contributed by atoms with Crippen LogP contribution in [-0.2, 0) is 12.7 Å². The van der Waals surface area contributed by atoms with E-state index in [-0.39, 0.29) is 40.9 Å². The van der Waals surface area contributed by atoms with Crippen LogP contribution in [0.1, 0.15) is 22.1 Å². The number of alkyl halides is 3. The molecule has 0 aliphatic rings. The zero-order chi connectivity index (χ0) is 22.3. The molecule has 0 spiro atoms. The lowest BCUT2D eigenvalue weighted by Gasteiger charge is -2.06. The summed E-state index contributed by atoms with van der Waals surface area (Å²) in [5, 5.41) is 14.6. The smallest absolute Gasteiger partial charge is 0.433 e. The summed E-state index contributed by atoms with van der Waals surface area (Å²) >= 11 is 0. The molecular formula is C19H11F3N6O4. The number of carbonyl (C=O) groups excluding carboxylic acids is 1. The molecule has 0 aliphatic carbocycles. The molecule has 1 amide bonds. The highest BCUT2D eigenvalue weighted by atomic mass is 19.4. The number of nitrogens with zero attached hydrogens (tertiary/aromatic N) is 5. The van der Waals surface area contributed by atoms with Crippen LogP contribution in [0.4, 0.5) is 19.0 Å². The number of furan rings is 2. The Morgan fingerprint density at radius 1 is 1.06 bits per heavy atom. The number of nitrogens with one attached hydrogen (secondary N) is 1. The van der Waals surface area contributed by atoms with Gasteiger partial charge in [-0.25, -0.2) is 9.67 Å². The number of aromatic nitrogens is 5. The van der Waals surface area contributed by atoms with E-state index >= 15 is 0 Å². The third-order valence-electron chi connectivity index (χ3n) is 4.35. The van der Waals surface area contributed by atoms with Crippen LogP contribution in [0.15, 0.2) is 62.2 Å². The van der Waals surface area contributed by atoms with Gasteiger partial charge >= 0.3 is 6.18 Å². The number of amides is 1. The normalized spacial score (nSPS) is 11.8. The highest BCUT2D eigenvalue weighted by Gasteiger charge is 2.33. The number of halogens is 3. The van der Waals surface area contributed by atoms with Gasteiger partial charge in [0.25, 0.3) is 11.8 Å². The quantitative estimate of drug-likeness (QED) is 0.431. The first-order chi connectivity index (χ1) is 15.4. The van der Waals surface area contributed by atoms with E-state index in [1.165, 1.54) is 30.7 Å². The van der Waals surface area contributed by atoms with Crippen LogP contribution >= 0.6 is 0 Å². The minimum atomic E-state index is -4.67. The number of rotatable bonds is 5. The van der Waals surface area contributed by atoms with Crippen LogP contribution in [0, 0.1) is 0 Å². The molecule has 5 rings (SSSR count). The van der Waals surface area contributed by atoms with Gasteiger partial charge in [-0.05, 0) is 36.4 Å². The fraction of sp³-hybridized carbons (Fsp3) is 0.105. The fourth-order valence-electron chi connectivity index (χ4n) is 2.93. The van der Waals surface area contributed by atoms with Gasteiger partial charge in [-0.15, -0.1) is 10.2 Å². The van der Waals surface area contributed by atoms with Crippen molar-refractivity contribution in [3.8, 4) is 11.7 Å². The molecule has 0 atom stereocenters. The molecule has 0 radical (unpaired) electrons. The standard InChI is InChI=1S/C19H11F3N6O4/c20-19(21,22)13-6-5-10-15(24-17(29)11-3-1-7-30-11)27-28(16(10)23-13)9-14-25-26-18(32-14)12-4-2-8-31-12/h1-8H,9H2,(H,24,27,29). The molecule has 0 saturated carbocycles. The van der Waals surface area contributed by atoms with E-state index in [1.807, 2.05) is 0 Å². The van der Waals surface area contributed by atoms with Crippen molar-refractivity contribution in [2.24, 2.45) is 0 Å². The number of pyridine rings is 1. The molecule has 5 aromatic heterocycles. The van der Waals surface area contributed by atoms with Gasteiger partial charge in [0.05, 0.1) is 17.9 Å². The number of carbonyl (C=O) groups is 1. The van der Waals surface area contributed by atoms with Gasteiger partial charge in [0.2, 0.25) is 5.89 Å². The summed E-state index contributed by atoms with van der Waals surface area (Å²) in [6.45, 7) is -0.199. The topological polar surface area (TPSA) is 125 Å². The van der Waals surface area contributed by atoms with Crippen molar-refractivity contribution >= 4 is 22.8 Å². The molecule has 5 aromatic rings. The van der Waals surface area contributed by atoms with Crippen molar-refractivity contribution in [1.29, 1.82) is 0 Å². The summed E-state index contributed by atoms with van der Waals surface area (Å²) in [6.07, 6.45) is -1.93. The van der Waals surface area contributed by atoms with Gasteiger partial charge in [0.15, 0.2) is 23.0 Å². The molecule has 0 aliphatic heterocycles. The molecule has 0 unspecified atom stereocenters. The van der Waals surface area contributed by atoms with Crippen molar-refractivity contribution in [2.45, 2.75) is 12.7 Å². The minimum absolute atomic E-state index is 0.00611. The van der Waals surface area contributed by atoms with E-state index in [0.717, 1.165) is 10.7 Å². The maximum atomic E-state index is 13.2. The van der Waals surface area contributed by atoms with E-state index in [1.54, 1.807) is 12.1 Å². The first-order valence-corrected chi connectivity index (χ1v) is 9.04. The van der Waals surface area contributed by atoms with Gasteiger partial charge in [0, 0.05) is 0 Å². The van der Waals surface area contributed by atoms with Crippen LogP contribution in [0.5, 0.6) is 0 Å². The second-order valence-corrected chi connectivity index (χ2v) is 6.48. The predicted molar refractivity (Wildman–Crippen MR) is 100 cm³/mol. The summed E-state index contributed by atoms with van der Waals surface area (Å²) in [7, 11) is 0.